The zero-order chi connectivity index (χ0) is 23.9. The maximum Gasteiger partial charge on any atom is 0.168 e. The molecule has 2 aromatic rings. The standard InChI is InChI=1S/2C8H16N6S2.Au/c2*1-3-13(4-2)7(15)9-5-6-14-8(16)10-11-12-14;/h2*3-6H2,1-2H3,(H,9,15)(H,10,12,16);/p-2. The number of rotatable bonds is 10. The van der Waals surface area contributed by atoms with E-state index < -0.39 is 0 Å². The van der Waals surface area contributed by atoms with Gasteiger partial charge in [-0.2, -0.15) is 0 Å². The van der Waals surface area contributed by atoms with Crippen LogP contribution in [0.5, 0.6) is 0 Å². The second kappa shape index (κ2) is 18.1. The Labute approximate surface area is 232 Å². The van der Waals surface area contributed by atoms with Gasteiger partial charge in [-0.15, -0.1) is 10.2 Å². The third-order valence-corrected chi connectivity index (χ3v) is 5.69. The predicted molar refractivity (Wildman–Crippen MR) is 134 cm³/mol. The third kappa shape index (κ3) is 11.6. The maximum absolute atomic E-state index is 5.23. The van der Waals surface area contributed by atoms with Crippen LogP contribution in [0.15, 0.2) is 10.3 Å². The van der Waals surface area contributed by atoms with Gasteiger partial charge in [0.05, 0.1) is 13.1 Å². The summed E-state index contributed by atoms with van der Waals surface area (Å²) in [4.78, 5) is 4.15. The zero-order valence-electron chi connectivity index (χ0n) is 19.1. The van der Waals surface area contributed by atoms with Crippen LogP contribution in [0.3, 0.4) is 0 Å². The summed E-state index contributed by atoms with van der Waals surface area (Å²) in [7, 11) is 0. The molecule has 33 heavy (non-hydrogen) atoms. The summed E-state index contributed by atoms with van der Waals surface area (Å²) < 4.78 is 3.13. The Bertz CT molecular complexity index is 743. The predicted octanol–water partition coefficient (Wildman–Crippen LogP) is -0.412. The quantitative estimate of drug-likeness (QED) is 0.189. The van der Waals surface area contributed by atoms with Gasteiger partial charge in [0.1, 0.15) is 0 Å². The van der Waals surface area contributed by atoms with Crippen LogP contribution in [0, 0.1) is 0 Å². The fraction of sp³-hybridized carbons (Fsp3) is 0.750. The van der Waals surface area contributed by atoms with Gasteiger partial charge in [0, 0.05) is 72.0 Å². The Morgan fingerprint density at radius 3 is 1.33 bits per heavy atom. The first kappa shape index (κ1) is 31.7. The van der Waals surface area contributed by atoms with Gasteiger partial charge in [0.25, 0.3) is 0 Å². The largest absolute Gasteiger partial charge is 0.739 e. The van der Waals surface area contributed by atoms with Crippen molar-refractivity contribution in [1.82, 2.24) is 60.8 Å². The van der Waals surface area contributed by atoms with Gasteiger partial charge in [0.15, 0.2) is 10.2 Å². The maximum atomic E-state index is 5.23. The molecule has 0 saturated carbocycles. The first-order chi connectivity index (χ1) is 15.4. The molecule has 2 N–H and O–H groups in total. The van der Waals surface area contributed by atoms with Crippen LogP contribution >= 0.6 is 24.4 Å². The van der Waals surface area contributed by atoms with E-state index >= 15 is 0 Å². The van der Waals surface area contributed by atoms with Gasteiger partial charge in [0.2, 0.25) is 0 Å². The second-order valence-corrected chi connectivity index (χ2v) is 7.68. The molecule has 0 saturated heterocycles. The minimum absolute atomic E-state index is 0. The fourth-order valence-electron chi connectivity index (χ4n) is 2.46. The molecular formula is C16H30AuN12S4-2. The van der Waals surface area contributed by atoms with Crippen molar-refractivity contribution < 1.29 is 22.4 Å². The molecular weight excluding hydrogens is 685 g/mol. The smallest absolute Gasteiger partial charge is 0.168 e. The number of aromatic nitrogens is 8. The van der Waals surface area contributed by atoms with Gasteiger partial charge < -0.3 is 45.7 Å². The number of nitrogens with zero attached hydrogens (tertiary/aromatic N) is 10. The molecule has 12 nitrogen and oxygen atoms in total. The number of hydrogen-bond donors (Lipinski definition) is 2. The molecule has 1 radical (unpaired) electrons. The molecule has 2 aromatic heterocycles. The average molecular weight is 716 g/mol. The first-order valence-electron chi connectivity index (χ1n) is 10.3. The summed E-state index contributed by atoms with van der Waals surface area (Å²) in [6.45, 7) is 14.5. The Hall–Kier alpha value is -1.30. The number of nitrogens with one attached hydrogen (secondary N) is 2. The molecule has 0 spiro atoms. The molecule has 0 aliphatic rings. The molecule has 0 aromatic carbocycles. The molecule has 0 aliphatic carbocycles. The Morgan fingerprint density at radius 2 is 1.09 bits per heavy atom. The van der Waals surface area contributed by atoms with Crippen LogP contribution in [0.2, 0.25) is 0 Å². The van der Waals surface area contributed by atoms with E-state index in [0.29, 0.717) is 36.5 Å². The third-order valence-electron chi connectivity index (χ3n) is 4.30. The topological polar surface area (TPSA) is 118 Å². The molecule has 0 atom stereocenters. The van der Waals surface area contributed by atoms with Gasteiger partial charge in [-0.1, -0.05) is 0 Å². The van der Waals surface area contributed by atoms with Crippen molar-refractivity contribution in [2.24, 2.45) is 0 Å². The molecule has 17 heteroatoms. The molecule has 0 fully saturated rings. The van der Waals surface area contributed by atoms with Crippen molar-refractivity contribution in [3.8, 4) is 0 Å². The molecule has 2 rings (SSSR count). The van der Waals surface area contributed by atoms with E-state index in [1.165, 1.54) is 0 Å². The van der Waals surface area contributed by atoms with Crippen LogP contribution in [-0.4, -0.2) is 99.7 Å². The van der Waals surface area contributed by atoms with Gasteiger partial charge >= 0.3 is 0 Å². The van der Waals surface area contributed by atoms with Gasteiger partial charge in [-0.3, -0.25) is 9.36 Å². The van der Waals surface area contributed by atoms with Crippen LogP contribution in [0.1, 0.15) is 27.7 Å². The van der Waals surface area contributed by atoms with Crippen molar-refractivity contribution in [3.05, 3.63) is 0 Å². The average Bonchev–Trinajstić information content (AvgIpc) is 3.38. The van der Waals surface area contributed by atoms with Crippen LogP contribution in [-0.2, 0) is 60.7 Å². The summed E-state index contributed by atoms with van der Waals surface area (Å²) in [5.74, 6) is 0. The van der Waals surface area contributed by atoms with E-state index in [2.05, 4.69) is 79.2 Å². The van der Waals surface area contributed by atoms with Crippen molar-refractivity contribution in [2.45, 2.75) is 51.1 Å². The van der Waals surface area contributed by atoms with E-state index in [1.807, 2.05) is 0 Å². The van der Waals surface area contributed by atoms with Crippen LogP contribution < -0.4 is 10.6 Å². The molecule has 0 unspecified atom stereocenters. The fourth-order valence-corrected chi connectivity index (χ4v) is 3.51. The van der Waals surface area contributed by atoms with E-state index in [1.54, 1.807) is 9.36 Å². The SMILES string of the molecule is CCN(CC)C(=S)NCCn1nnnc1[S-].CCN(CC)C(=S)NCCn1nnnc1[S-].[Au]. The van der Waals surface area contributed by atoms with Crippen molar-refractivity contribution in [1.29, 1.82) is 0 Å². The molecule has 2 heterocycles. The van der Waals surface area contributed by atoms with Crippen LogP contribution in [0.25, 0.3) is 0 Å². The molecule has 191 valence electrons. The minimum atomic E-state index is 0. The first-order valence-corrected chi connectivity index (χ1v) is 11.9. The summed E-state index contributed by atoms with van der Waals surface area (Å²) in [5.41, 5.74) is 0. The summed E-state index contributed by atoms with van der Waals surface area (Å²) >= 11 is 20.3. The van der Waals surface area contributed by atoms with E-state index in [-0.39, 0.29) is 22.4 Å². The molecule has 0 amide bonds. The van der Waals surface area contributed by atoms with E-state index in [0.717, 1.165) is 36.4 Å². The number of tetrazole rings is 2. The molecule has 0 aliphatic heterocycles. The summed E-state index contributed by atoms with van der Waals surface area (Å²) in [6.07, 6.45) is 0. The Kier molecular flexibility index (Phi) is 17.4. The normalized spacial score (nSPS) is 9.82. The monoisotopic (exact) mass is 715 g/mol. The molecule has 0 bridgehead atoms. The van der Waals surface area contributed by atoms with Crippen LogP contribution in [0.4, 0.5) is 0 Å². The van der Waals surface area contributed by atoms with E-state index in [4.69, 9.17) is 49.7 Å². The van der Waals surface area contributed by atoms with Crippen molar-refractivity contribution >= 4 is 59.9 Å². The number of hydrogen-bond acceptors (Lipinski definition) is 10. The second-order valence-electron chi connectivity index (χ2n) is 6.18. The summed E-state index contributed by atoms with van der Waals surface area (Å²) in [5, 5.41) is 30.3. The van der Waals surface area contributed by atoms with Gasteiger partial charge in [-0.05, 0) is 73.0 Å². The zero-order valence-corrected chi connectivity index (χ0v) is 24.5. The Morgan fingerprint density at radius 1 is 0.758 bits per heavy atom. The van der Waals surface area contributed by atoms with Crippen molar-refractivity contribution in [2.75, 3.05) is 39.3 Å². The summed E-state index contributed by atoms with van der Waals surface area (Å²) in [6, 6.07) is 0. The minimum Gasteiger partial charge on any atom is -0.739 e. The van der Waals surface area contributed by atoms with E-state index in [9.17, 15) is 0 Å². The van der Waals surface area contributed by atoms with Crippen molar-refractivity contribution in [3.63, 3.8) is 0 Å². The van der Waals surface area contributed by atoms with Gasteiger partial charge in [-0.25, -0.2) is 0 Å². The Balaban J connectivity index is 0.000000602. The number of thiocarbonyl (C=S) groups is 2.